The first-order valence-corrected chi connectivity index (χ1v) is 8.52. The van der Waals surface area contributed by atoms with Gasteiger partial charge in [-0.15, -0.1) is 0 Å². The third kappa shape index (κ3) is 3.48. The van der Waals surface area contributed by atoms with Crippen molar-refractivity contribution in [1.29, 1.82) is 5.26 Å². The number of nitriles is 1. The smallest absolute Gasteiger partial charge is 0.271 e. The van der Waals surface area contributed by atoms with Crippen LogP contribution < -0.4 is 5.56 Å². The molecule has 27 heavy (non-hydrogen) atoms. The Hall–Kier alpha value is -3.36. The average molecular weight is 379 g/mol. The predicted molar refractivity (Wildman–Crippen MR) is 102 cm³/mol. The van der Waals surface area contributed by atoms with Gasteiger partial charge in [0.1, 0.15) is 11.6 Å². The molecule has 6 heteroatoms. The van der Waals surface area contributed by atoms with Crippen molar-refractivity contribution < 1.29 is 9.90 Å². The second kappa shape index (κ2) is 7.48. The Morgan fingerprint density at radius 2 is 1.89 bits per heavy atom. The standard InChI is InChI=1S/C21H15ClN2O3/c1-13-17(11-23)20(26)24(12-14-6-3-2-4-7-14)21(27)18(13)19(25)15-8-5-9-16(22)10-15/h2-10,27H,12H2,1H3. The van der Waals surface area contributed by atoms with Gasteiger partial charge in [-0.25, -0.2) is 0 Å². The first kappa shape index (κ1) is 18.4. The van der Waals surface area contributed by atoms with E-state index < -0.39 is 17.2 Å². The number of hydrogen-bond donors (Lipinski definition) is 1. The summed E-state index contributed by atoms with van der Waals surface area (Å²) in [6, 6.07) is 17.1. The molecule has 2 aromatic carbocycles. The van der Waals surface area contributed by atoms with Crippen LogP contribution in [0.5, 0.6) is 5.88 Å². The van der Waals surface area contributed by atoms with Crippen molar-refractivity contribution in [3.63, 3.8) is 0 Å². The van der Waals surface area contributed by atoms with E-state index in [2.05, 4.69) is 0 Å². The van der Waals surface area contributed by atoms with Gasteiger partial charge in [-0.05, 0) is 30.2 Å². The zero-order chi connectivity index (χ0) is 19.6. The molecule has 0 aliphatic rings. The van der Waals surface area contributed by atoms with Crippen LogP contribution in [0.25, 0.3) is 0 Å². The van der Waals surface area contributed by atoms with Crippen molar-refractivity contribution in [1.82, 2.24) is 4.57 Å². The molecule has 0 unspecified atom stereocenters. The molecule has 0 aliphatic heterocycles. The fourth-order valence-corrected chi connectivity index (χ4v) is 3.10. The Morgan fingerprint density at radius 1 is 1.19 bits per heavy atom. The summed E-state index contributed by atoms with van der Waals surface area (Å²) in [6.07, 6.45) is 0. The number of pyridine rings is 1. The van der Waals surface area contributed by atoms with E-state index in [1.54, 1.807) is 42.5 Å². The molecule has 0 fully saturated rings. The van der Waals surface area contributed by atoms with E-state index in [9.17, 15) is 20.0 Å². The lowest BCUT2D eigenvalue weighted by molar-refractivity contribution is 0.103. The van der Waals surface area contributed by atoms with Crippen LogP contribution in [0.1, 0.15) is 32.6 Å². The summed E-state index contributed by atoms with van der Waals surface area (Å²) in [5, 5.41) is 20.5. The third-order valence-electron chi connectivity index (χ3n) is 4.30. The minimum atomic E-state index is -0.640. The van der Waals surface area contributed by atoms with Gasteiger partial charge in [0, 0.05) is 10.6 Å². The van der Waals surface area contributed by atoms with Crippen LogP contribution in [0.3, 0.4) is 0 Å². The normalized spacial score (nSPS) is 10.4. The quantitative estimate of drug-likeness (QED) is 0.702. The monoisotopic (exact) mass is 378 g/mol. The van der Waals surface area contributed by atoms with Gasteiger partial charge in [-0.2, -0.15) is 5.26 Å². The Labute approximate surface area is 160 Å². The molecule has 3 rings (SSSR count). The fraction of sp³-hybridized carbons (Fsp3) is 0.0952. The highest BCUT2D eigenvalue weighted by molar-refractivity contribution is 6.31. The number of aromatic hydroxyl groups is 1. The van der Waals surface area contributed by atoms with E-state index in [1.165, 1.54) is 13.0 Å². The lowest BCUT2D eigenvalue weighted by Crippen LogP contribution is -2.27. The van der Waals surface area contributed by atoms with Crippen LogP contribution in [0.2, 0.25) is 5.02 Å². The highest BCUT2D eigenvalue weighted by Gasteiger charge is 2.25. The Morgan fingerprint density at radius 3 is 2.52 bits per heavy atom. The molecular formula is C21H15ClN2O3. The van der Waals surface area contributed by atoms with Crippen molar-refractivity contribution >= 4 is 17.4 Å². The van der Waals surface area contributed by atoms with E-state index in [-0.39, 0.29) is 28.8 Å². The number of rotatable bonds is 4. The topological polar surface area (TPSA) is 83.1 Å². The summed E-state index contributed by atoms with van der Waals surface area (Å²) in [4.78, 5) is 25.6. The fourth-order valence-electron chi connectivity index (χ4n) is 2.91. The minimum Gasteiger partial charge on any atom is -0.494 e. The SMILES string of the molecule is Cc1c(C(=O)c2cccc(Cl)c2)c(O)n(Cc2ccccc2)c(=O)c1C#N. The first-order valence-electron chi connectivity index (χ1n) is 8.14. The van der Waals surface area contributed by atoms with Crippen molar-refractivity contribution in [3.05, 3.63) is 97.8 Å². The molecule has 0 radical (unpaired) electrons. The molecule has 0 amide bonds. The molecule has 0 saturated heterocycles. The van der Waals surface area contributed by atoms with Gasteiger partial charge in [-0.3, -0.25) is 14.2 Å². The number of carbonyl (C=O) groups is 1. The van der Waals surface area contributed by atoms with Gasteiger partial charge in [0.25, 0.3) is 5.56 Å². The van der Waals surface area contributed by atoms with Gasteiger partial charge < -0.3 is 5.11 Å². The van der Waals surface area contributed by atoms with Gasteiger partial charge >= 0.3 is 0 Å². The molecule has 0 bridgehead atoms. The maximum absolute atomic E-state index is 13.0. The van der Waals surface area contributed by atoms with E-state index >= 15 is 0 Å². The van der Waals surface area contributed by atoms with E-state index in [1.807, 2.05) is 12.1 Å². The van der Waals surface area contributed by atoms with Crippen molar-refractivity contribution in [2.75, 3.05) is 0 Å². The Bertz CT molecular complexity index is 1130. The average Bonchev–Trinajstić information content (AvgIpc) is 2.66. The van der Waals surface area contributed by atoms with Gasteiger partial charge in [0.15, 0.2) is 5.78 Å². The van der Waals surface area contributed by atoms with Gasteiger partial charge in [-0.1, -0.05) is 54.1 Å². The number of aromatic nitrogens is 1. The predicted octanol–water partition coefficient (Wildman–Crippen LogP) is 3.67. The molecule has 0 saturated carbocycles. The lowest BCUT2D eigenvalue weighted by atomic mass is 9.97. The lowest BCUT2D eigenvalue weighted by Gasteiger charge is -2.15. The van der Waals surface area contributed by atoms with E-state index in [0.29, 0.717) is 5.02 Å². The molecule has 0 atom stereocenters. The summed E-state index contributed by atoms with van der Waals surface area (Å²) in [5.41, 5.74) is 0.269. The third-order valence-corrected chi connectivity index (χ3v) is 4.53. The number of benzene rings is 2. The van der Waals surface area contributed by atoms with Crippen LogP contribution in [0, 0.1) is 18.3 Å². The molecule has 0 spiro atoms. The first-order chi connectivity index (χ1) is 12.9. The van der Waals surface area contributed by atoms with E-state index in [4.69, 9.17) is 11.6 Å². The highest BCUT2D eigenvalue weighted by atomic mass is 35.5. The molecule has 1 heterocycles. The maximum atomic E-state index is 13.0. The van der Waals surface area contributed by atoms with Crippen LogP contribution in [-0.4, -0.2) is 15.5 Å². The number of halogens is 1. The van der Waals surface area contributed by atoms with Crippen molar-refractivity contribution in [2.24, 2.45) is 0 Å². The zero-order valence-corrected chi connectivity index (χ0v) is 15.2. The van der Waals surface area contributed by atoms with E-state index in [0.717, 1.165) is 10.1 Å². The Balaban J connectivity index is 2.22. The van der Waals surface area contributed by atoms with Crippen LogP contribution in [0.4, 0.5) is 0 Å². The summed E-state index contributed by atoms with van der Waals surface area (Å²) >= 11 is 5.96. The highest BCUT2D eigenvalue weighted by Crippen LogP contribution is 2.26. The van der Waals surface area contributed by atoms with Crippen LogP contribution in [-0.2, 0) is 6.54 Å². The second-order valence-corrected chi connectivity index (χ2v) is 6.46. The van der Waals surface area contributed by atoms with Crippen LogP contribution in [0.15, 0.2) is 59.4 Å². The molecule has 1 N–H and O–H groups in total. The molecule has 3 aromatic rings. The second-order valence-electron chi connectivity index (χ2n) is 6.03. The summed E-state index contributed by atoms with van der Waals surface area (Å²) in [6.45, 7) is 1.51. The summed E-state index contributed by atoms with van der Waals surface area (Å²) in [5.74, 6) is -0.976. The molecule has 134 valence electrons. The largest absolute Gasteiger partial charge is 0.494 e. The molecular weight excluding hydrogens is 364 g/mol. The minimum absolute atomic E-state index is 0.0380. The number of nitrogens with zero attached hydrogens (tertiary/aromatic N) is 2. The summed E-state index contributed by atoms with van der Waals surface area (Å²) < 4.78 is 1.04. The zero-order valence-electron chi connectivity index (χ0n) is 14.4. The number of ketones is 1. The molecule has 0 aliphatic carbocycles. The molecule has 5 nitrogen and oxygen atoms in total. The van der Waals surface area contributed by atoms with Crippen molar-refractivity contribution in [3.8, 4) is 11.9 Å². The van der Waals surface area contributed by atoms with Crippen LogP contribution >= 0.6 is 11.6 Å². The summed E-state index contributed by atoms with van der Waals surface area (Å²) in [7, 11) is 0. The van der Waals surface area contributed by atoms with Gasteiger partial charge in [0.05, 0.1) is 12.1 Å². The number of carbonyl (C=O) groups excluding carboxylic acids is 1. The van der Waals surface area contributed by atoms with Gasteiger partial charge in [0.2, 0.25) is 5.88 Å². The molecule has 1 aromatic heterocycles. The van der Waals surface area contributed by atoms with Crippen molar-refractivity contribution in [2.45, 2.75) is 13.5 Å². The number of hydrogen-bond acceptors (Lipinski definition) is 4. The Kier molecular flexibility index (Phi) is 5.11. The maximum Gasteiger partial charge on any atom is 0.271 e.